The van der Waals surface area contributed by atoms with Crippen molar-refractivity contribution in [1.82, 2.24) is 10.2 Å². The lowest BCUT2D eigenvalue weighted by Gasteiger charge is -2.34. The first-order chi connectivity index (χ1) is 7.80. The first-order valence-electron chi connectivity index (χ1n) is 6.78. The Balaban J connectivity index is 2.27. The number of rotatable bonds is 7. The molecular formula is C13H28N2O. The fraction of sp³-hybridized carbons (Fsp3) is 1.00. The molecule has 0 amide bonds. The molecule has 1 aliphatic rings. The van der Waals surface area contributed by atoms with Crippen molar-refractivity contribution in [3.05, 3.63) is 0 Å². The molecule has 1 heterocycles. The third-order valence-corrected chi connectivity index (χ3v) is 3.45. The Morgan fingerprint density at radius 2 is 2.25 bits per heavy atom. The van der Waals surface area contributed by atoms with E-state index < -0.39 is 0 Å². The van der Waals surface area contributed by atoms with Gasteiger partial charge in [-0.2, -0.15) is 0 Å². The van der Waals surface area contributed by atoms with E-state index in [1.165, 1.54) is 38.8 Å². The zero-order chi connectivity index (χ0) is 11.8. The summed E-state index contributed by atoms with van der Waals surface area (Å²) in [5, 5.41) is 3.62. The van der Waals surface area contributed by atoms with Gasteiger partial charge < -0.3 is 10.1 Å². The zero-order valence-electron chi connectivity index (χ0n) is 11.2. The molecule has 1 saturated heterocycles. The van der Waals surface area contributed by atoms with Gasteiger partial charge in [0.1, 0.15) is 0 Å². The van der Waals surface area contributed by atoms with Crippen LogP contribution in [0.25, 0.3) is 0 Å². The van der Waals surface area contributed by atoms with E-state index in [2.05, 4.69) is 24.1 Å². The van der Waals surface area contributed by atoms with Crippen molar-refractivity contribution in [3.63, 3.8) is 0 Å². The summed E-state index contributed by atoms with van der Waals surface area (Å²) in [6.45, 7) is 9.16. The van der Waals surface area contributed by atoms with Gasteiger partial charge >= 0.3 is 0 Å². The van der Waals surface area contributed by atoms with Crippen molar-refractivity contribution < 1.29 is 4.74 Å². The van der Waals surface area contributed by atoms with E-state index in [1.807, 2.05) is 7.11 Å². The average Bonchev–Trinajstić information content (AvgIpc) is 2.34. The molecule has 0 aliphatic carbocycles. The van der Waals surface area contributed by atoms with Crippen LogP contribution in [0.3, 0.4) is 0 Å². The van der Waals surface area contributed by atoms with Crippen LogP contribution in [-0.4, -0.2) is 50.3 Å². The van der Waals surface area contributed by atoms with Crippen molar-refractivity contribution in [1.29, 1.82) is 0 Å². The first kappa shape index (κ1) is 13.9. The number of ether oxygens (including phenoxy) is 1. The fourth-order valence-corrected chi connectivity index (χ4v) is 2.37. The van der Waals surface area contributed by atoms with E-state index in [-0.39, 0.29) is 0 Å². The van der Waals surface area contributed by atoms with Crippen LogP contribution in [0.15, 0.2) is 0 Å². The average molecular weight is 228 g/mol. The summed E-state index contributed by atoms with van der Waals surface area (Å²) < 4.78 is 5.46. The Labute approximate surface area is 101 Å². The molecular weight excluding hydrogens is 200 g/mol. The van der Waals surface area contributed by atoms with Gasteiger partial charge in [0.25, 0.3) is 0 Å². The molecule has 2 unspecified atom stereocenters. The van der Waals surface area contributed by atoms with E-state index in [9.17, 15) is 0 Å². The standard InChI is InChI=1S/C13H28N2O/c1-4-8-14-12(5-2)10-15-9-6-7-13(11-15)16-3/h12-14H,4-11H2,1-3H3. The second-order valence-corrected chi connectivity index (χ2v) is 4.82. The number of hydrogen-bond donors (Lipinski definition) is 1. The predicted octanol–water partition coefficient (Wildman–Crippen LogP) is 1.88. The fourth-order valence-electron chi connectivity index (χ4n) is 2.37. The Kier molecular flexibility index (Phi) is 7.01. The van der Waals surface area contributed by atoms with Crippen LogP contribution in [0.2, 0.25) is 0 Å². The number of nitrogens with one attached hydrogen (secondary N) is 1. The van der Waals surface area contributed by atoms with Crippen LogP contribution >= 0.6 is 0 Å². The Morgan fingerprint density at radius 1 is 1.44 bits per heavy atom. The van der Waals surface area contributed by atoms with Crippen molar-refractivity contribution in [2.45, 2.75) is 51.7 Å². The molecule has 0 aromatic carbocycles. The second-order valence-electron chi connectivity index (χ2n) is 4.82. The largest absolute Gasteiger partial charge is 0.380 e. The number of hydrogen-bond acceptors (Lipinski definition) is 3. The summed E-state index contributed by atoms with van der Waals surface area (Å²) >= 11 is 0. The third kappa shape index (κ3) is 4.81. The van der Waals surface area contributed by atoms with Crippen LogP contribution in [-0.2, 0) is 4.74 Å². The molecule has 0 aromatic rings. The van der Waals surface area contributed by atoms with Gasteiger partial charge in [-0.1, -0.05) is 13.8 Å². The minimum Gasteiger partial charge on any atom is -0.380 e. The van der Waals surface area contributed by atoms with E-state index in [0.717, 1.165) is 13.1 Å². The monoisotopic (exact) mass is 228 g/mol. The molecule has 0 saturated carbocycles. The summed E-state index contributed by atoms with van der Waals surface area (Å²) in [7, 11) is 1.83. The zero-order valence-corrected chi connectivity index (χ0v) is 11.2. The van der Waals surface area contributed by atoms with Gasteiger partial charge in [-0.15, -0.1) is 0 Å². The Morgan fingerprint density at radius 3 is 2.88 bits per heavy atom. The highest BCUT2D eigenvalue weighted by atomic mass is 16.5. The normalized spacial score (nSPS) is 24.6. The van der Waals surface area contributed by atoms with Crippen LogP contribution in [0.4, 0.5) is 0 Å². The van der Waals surface area contributed by atoms with Crippen molar-refractivity contribution in [2.75, 3.05) is 33.3 Å². The van der Waals surface area contributed by atoms with Crippen LogP contribution in [0.1, 0.15) is 39.5 Å². The Bertz CT molecular complexity index is 175. The van der Waals surface area contributed by atoms with Gasteiger partial charge in [-0.05, 0) is 38.8 Å². The maximum Gasteiger partial charge on any atom is 0.0698 e. The molecule has 1 N–H and O–H groups in total. The summed E-state index contributed by atoms with van der Waals surface area (Å²) in [4.78, 5) is 2.55. The summed E-state index contributed by atoms with van der Waals surface area (Å²) in [5.74, 6) is 0. The topological polar surface area (TPSA) is 24.5 Å². The molecule has 0 aromatic heterocycles. The number of methoxy groups -OCH3 is 1. The van der Waals surface area contributed by atoms with Crippen LogP contribution < -0.4 is 5.32 Å². The highest BCUT2D eigenvalue weighted by Crippen LogP contribution is 2.13. The minimum absolute atomic E-state index is 0.456. The molecule has 16 heavy (non-hydrogen) atoms. The summed E-state index contributed by atoms with van der Waals surface area (Å²) in [6.07, 6.45) is 5.40. The SMILES string of the molecule is CCCNC(CC)CN1CCCC(OC)C1. The maximum absolute atomic E-state index is 5.46. The van der Waals surface area contributed by atoms with Crippen LogP contribution in [0.5, 0.6) is 0 Å². The molecule has 3 heteroatoms. The summed E-state index contributed by atoms with van der Waals surface area (Å²) in [6, 6.07) is 0.649. The Hall–Kier alpha value is -0.120. The molecule has 3 nitrogen and oxygen atoms in total. The van der Waals surface area contributed by atoms with Gasteiger partial charge in [0.2, 0.25) is 0 Å². The molecule has 0 radical (unpaired) electrons. The van der Waals surface area contributed by atoms with Gasteiger partial charge in [-0.3, -0.25) is 4.90 Å². The molecule has 1 rings (SSSR count). The predicted molar refractivity (Wildman–Crippen MR) is 68.8 cm³/mol. The molecule has 1 aliphatic heterocycles. The lowest BCUT2D eigenvalue weighted by molar-refractivity contribution is 0.0280. The van der Waals surface area contributed by atoms with Gasteiger partial charge in [0.15, 0.2) is 0 Å². The van der Waals surface area contributed by atoms with Crippen molar-refractivity contribution in [2.24, 2.45) is 0 Å². The molecule has 0 bridgehead atoms. The van der Waals surface area contributed by atoms with E-state index >= 15 is 0 Å². The maximum atomic E-state index is 5.46. The lowest BCUT2D eigenvalue weighted by Crippen LogP contribution is -2.46. The highest BCUT2D eigenvalue weighted by molar-refractivity contribution is 4.77. The van der Waals surface area contributed by atoms with Gasteiger partial charge in [-0.25, -0.2) is 0 Å². The second kappa shape index (κ2) is 8.04. The van der Waals surface area contributed by atoms with Crippen molar-refractivity contribution in [3.8, 4) is 0 Å². The minimum atomic E-state index is 0.456. The first-order valence-corrected chi connectivity index (χ1v) is 6.78. The quantitative estimate of drug-likeness (QED) is 0.720. The molecule has 2 atom stereocenters. The van der Waals surface area contributed by atoms with E-state index in [1.54, 1.807) is 0 Å². The van der Waals surface area contributed by atoms with Crippen molar-refractivity contribution >= 4 is 0 Å². The van der Waals surface area contributed by atoms with E-state index in [4.69, 9.17) is 4.74 Å². The summed E-state index contributed by atoms with van der Waals surface area (Å²) in [5.41, 5.74) is 0. The third-order valence-electron chi connectivity index (χ3n) is 3.45. The van der Waals surface area contributed by atoms with Gasteiger partial charge in [0.05, 0.1) is 6.10 Å². The van der Waals surface area contributed by atoms with Gasteiger partial charge in [0, 0.05) is 26.2 Å². The highest BCUT2D eigenvalue weighted by Gasteiger charge is 2.21. The smallest absolute Gasteiger partial charge is 0.0698 e. The number of nitrogens with zero attached hydrogens (tertiary/aromatic N) is 1. The molecule has 96 valence electrons. The molecule has 1 fully saturated rings. The number of piperidine rings is 1. The van der Waals surface area contributed by atoms with E-state index in [0.29, 0.717) is 12.1 Å². The van der Waals surface area contributed by atoms with Crippen LogP contribution in [0, 0.1) is 0 Å². The lowest BCUT2D eigenvalue weighted by atomic mass is 10.1. The molecule has 0 spiro atoms. The number of likely N-dealkylation sites (tertiary alicyclic amines) is 1.